The van der Waals surface area contributed by atoms with Crippen molar-refractivity contribution in [3.05, 3.63) is 65.3 Å². The number of pyridine rings is 1. The standard InChI is InChI=1S/C30H42N6O5/c1-19(2)8-26(37)32-15-24-12-22(10-21(5)35-24)11-23(13-28(39)34-17-30-31-6-7-40-30)14-29-36-25(18-41-29)16-33-27(38)9-20(3)4/h6-7,10,12,18-20,23H,8-9,11,13-17H2,1-5H3,(H,32,37)(H,33,38)(H,34,39)/t23-/m1/s1. The monoisotopic (exact) mass is 566 g/mol. The van der Waals surface area contributed by atoms with Gasteiger partial charge in [0.2, 0.25) is 23.6 Å². The predicted molar refractivity (Wildman–Crippen MR) is 152 cm³/mol. The maximum Gasteiger partial charge on any atom is 0.220 e. The number of aryl methyl sites for hydroxylation is 1. The Balaban J connectivity index is 1.68. The highest BCUT2D eigenvalue weighted by molar-refractivity contribution is 5.76. The highest BCUT2D eigenvalue weighted by Crippen LogP contribution is 2.20. The van der Waals surface area contributed by atoms with Gasteiger partial charge in [0.05, 0.1) is 37.2 Å². The van der Waals surface area contributed by atoms with E-state index in [0.29, 0.717) is 49.7 Å². The van der Waals surface area contributed by atoms with E-state index in [1.54, 1.807) is 6.26 Å². The van der Waals surface area contributed by atoms with Crippen molar-refractivity contribution >= 4 is 17.7 Å². The highest BCUT2D eigenvalue weighted by Gasteiger charge is 2.20. The van der Waals surface area contributed by atoms with Crippen LogP contribution in [-0.4, -0.2) is 32.7 Å². The normalized spacial score (nSPS) is 12.0. The molecular weight excluding hydrogens is 524 g/mol. The van der Waals surface area contributed by atoms with Crippen LogP contribution in [0.25, 0.3) is 0 Å². The number of oxazole rings is 2. The molecule has 0 aliphatic rings. The van der Waals surface area contributed by atoms with Gasteiger partial charge < -0.3 is 24.8 Å². The fourth-order valence-electron chi connectivity index (χ4n) is 4.46. The van der Waals surface area contributed by atoms with Crippen molar-refractivity contribution in [1.82, 2.24) is 30.9 Å². The van der Waals surface area contributed by atoms with E-state index in [1.165, 1.54) is 12.5 Å². The van der Waals surface area contributed by atoms with Gasteiger partial charge in [-0.15, -0.1) is 0 Å². The lowest BCUT2D eigenvalue weighted by atomic mass is 9.92. The fraction of sp³-hybridized carbons (Fsp3) is 0.533. The van der Waals surface area contributed by atoms with Crippen molar-refractivity contribution in [2.45, 2.75) is 86.4 Å². The Labute approximate surface area is 241 Å². The maximum atomic E-state index is 12.9. The van der Waals surface area contributed by atoms with Crippen LogP contribution in [0.15, 0.2) is 39.7 Å². The quantitative estimate of drug-likeness (QED) is 0.237. The first-order chi connectivity index (χ1) is 19.5. The molecule has 0 fully saturated rings. The average molecular weight is 567 g/mol. The summed E-state index contributed by atoms with van der Waals surface area (Å²) in [6, 6.07) is 3.95. The number of rotatable bonds is 16. The van der Waals surface area contributed by atoms with Crippen LogP contribution in [0.5, 0.6) is 0 Å². The van der Waals surface area contributed by atoms with E-state index in [4.69, 9.17) is 8.83 Å². The average Bonchev–Trinajstić information content (AvgIpc) is 3.56. The lowest BCUT2D eigenvalue weighted by Gasteiger charge is -2.16. The molecule has 0 radical (unpaired) electrons. The molecule has 3 aromatic heterocycles. The van der Waals surface area contributed by atoms with E-state index in [2.05, 4.69) is 30.9 Å². The minimum Gasteiger partial charge on any atom is -0.449 e. The third kappa shape index (κ3) is 11.9. The van der Waals surface area contributed by atoms with Crippen molar-refractivity contribution in [3.8, 4) is 0 Å². The molecule has 0 saturated heterocycles. The Morgan fingerprint density at radius 2 is 1.39 bits per heavy atom. The number of carbonyl (C=O) groups is 3. The SMILES string of the molecule is Cc1cc(C[C@H](CC(=O)NCc2ncco2)Cc2nc(CNC(=O)CC(C)C)co2)cc(CNC(=O)CC(C)C)n1. The third-order valence-electron chi connectivity index (χ3n) is 6.17. The highest BCUT2D eigenvalue weighted by atomic mass is 16.3. The molecule has 0 unspecified atom stereocenters. The van der Waals surface area contributed by atoms with Gasteiger partial charge in [-0.3, -0.25) is 19.4 Å². The molecule has 3 heterocycles. The smallest absolute Gasteiger partial charge is 0.220 e. The Hall–Kier alpha value is -4.02. The first kappa shape index (κ1) is 31.5. The summed E-state index contributed by atoms with van der Waals surface area (Å²) in [5, 5.41) is 8.66. The molecule has 3 N–H and O–H groups in total. The van der Waals surface area contributed by atoms with Gasteiger partial charge in [-0.05, 0) is 48.8 Å². The Bertz CT molecular complexity index is 1270. The first-order valence-corrected chi connectivity index (χ1v) is 14.1. The zero-order valence-electron chi connectivity index (χ0n) is 24.7. The molecule has 0 spiro atoms. The summed E-state index contributed by atoms with van der Waals surface area (Å²) in [5.74, 6) is 1.15. The molecule has 222 valence electrons. The van der Waals surface area contributed by atoms with Gasteiger partial charge in [-0.25, -0.2) is 9.97 Å². The molecule has 0 saturated carbocycles. The van der Waals surface area contributed by atoms with Crippen molar-refractivity contribution in [2.75, 3.05) is 0 Å². The Morgan fingerprint density at radius 1 is 0.756 bits per heavy atom. The van der Waals surface area contributed by atoms with Gasteiger partial charge >= 0.3 is 0 Å². The summed E-state index contributed by atoms with van der Waals surface area (Å²) in [4.78, 5) is 50.2. The fourth-order valence-corrected chi connectivity index (χ4v) is 4.46. The predicted octanol–water partition coefficient (Wildman–Crippen LogP) is 3.80. The van der Waals surface area contributed by atoms with Gasteiger partial charge in [-0.1, -0.05) is 27.7 Å². The molecule has 0 aliphatic carbocycles. The van der Waals surface area contributed by atoms with Crippen LogP contribution in [-0.2, 0) is 46.9 Å². The molecule has 11 heteroatoms. The molecule has 3 amide bonds. The maximum absolute atomic E-state index is 12.9. The van der Waals surface area contributed by atoms with E-state index in [1.807, 2.05) is 46.8 Å². The second-order valence-corrected chi connectivity index (χ2v) is 11.3. The summed E-state index contributed by atoms with van der Waals surface area (Å²) in [6.07, 6.45) is 6.67. The van der Waals surface area contributed by atoms with Crippen molar-refractivity contribution < 1.29 is 23.2 Å². The van der Waals surface area contributed by atoms with E-state index in [9.17, 15) is 14.4 Å². The van der Waals surface area contributed by atoms with Gasteiger partial charge in [-0.2, -0.15) is 0 Å². The second-order valence-electron chi connectivity index (χ2n) is 11.3. The van der Waals surface area contributed by atoms with E-state index < -0.39 is 0 Å². The van der Waals surface area contributed by atoms with Crippen molar-refractivity contribution in [3.63, 3.8) is 0 Å². The van der Waals surface area contributed by atoms with Crippen molar-refractivity contribution in [2.24, 2.45) is 17.8 Å². The molecule has 3 aromatic rings. The lowest BCUT2D eigenvalue weighted by Crippen LogP contribution is -2.27. The summed E-state index contributed by atoms with van der Waals surface area (Å²) >= 11 is 0. The summed E-state index contributed by atoms with van der Waals surface area (Å²) < 4.78 is 10.9. The topological polar surface area (TPSA) is 152 Å². The third-order valence-corrected chi connectivity index (χ3v) is 6.17. The zero-order valence-corrected chi connectivity index (χ0v) is 24.7. The van der Waals surface area contributed by atoms with E-state index >= 15 is 0 Å². The molecule has 0 aromatic carbocycles. The number of nitrogens with one attached hydrogen (secondary N) is 3. The molecule has 0 aliphatic heterocycles. The first-order valence-electron chi connectivity index (χ1n) is 14.1. The molecule has 1 atom stereocenters. The number of amides is 3. The molecule has 41 heavy (non-hydrogen) atoms. The molecule has 0 bridgehead atoms. The van der Waals surface area contributed by atoms with Gasteiger partial charge in [0.15, 0.2) is 5.89 Å². The molecule has 11 nitrogen and oxygen atoms in total. The summed E-state index contributed by atoms with van der Waals surface area (Å²) in [5.41, 5.74) is 3.23. The number of hydrogen-bond acceptors (Lipinski definition) is 8. The largest absolute Gasteiger partial charge is 0.449 e. The Morgan fingerprint density at radius 3 is 2.02 bits per heavy atom. The van der Waals surface area contributed by atoms with Crippen LogP contribution in [0.4, 0.5) is 0 Å². The second kappa shape index (κ2) is 15.7. The van der Waals surface area contributed by atoms with Crippen LogP contribution in [0.1, 0.15) is 81.4 Å². The lowest BCUT2D eigenvalue weighted by molar-refractivity contribution is -0.123. The zero-order chi connectivity index (χ0) is 29.8. The van der Waals surface area contributed by atoms with Crippen LogP contribution >= 0.6 is 0 Å². The van der Waals surface area contributed by atoms with Crippen LogP contribution in [0, 0.1) is 24.7 Å². The minimum atomic E-state index is -0.145. The van der Waals surface area contributed by atoms with E-state index in [-0.39, 0.29) is 55.0 Å². The van der Waals surface area contributed by atoms with Crippen LogP contribution in [0.2, 0.25) is 0 Å². The number of aromatic nitrogens is 3. The van der Waals surface area contributed by atoms with Crippen molar-refractivity contribution in [1.29, 1.82) is 0 Å². The van der Waals surface area contributed by atoms with E-state index in [0.717, 1.165) is 17.0 Å². The Kier molecular flexibility index (Phi) is 12.1. The van der Waals surface area contributed by atoms with Gasteiger partial charge in [0.25, 0.3) is 0 Å². The summed E-state index contributed by atoms with van der Waals surface area (Å²) in [6.45, 7) is 10.7. The van der Waals surface area contributed by atoms with Gasteiger partial charge in [0.1, 0.15) is 12.5 Å². The van der Waals surface area contributed by atoms with Gasteiger partial charge in [0, 0.05) is 31.4 Å². The molecule has 3 rings (SSSR count). The minimum absolute atomic E-state index is 0.00876. The number of carbonyl (C=O) groups excluding carboxylic acids is 3. The number of nitrogens with zero attached hydrogens (tertiary/aromatic N) is 3. The molecular formula is C30H42N6O5. The van der Waals surface area contributed by atoms with Crippen LogP contribution in [0.3, 0.4) is 0 Å². The number of hydrogen-bond donors (Lipinski definition) is 3. The van der Waals surface area contributed by atoms with Crippen LogP contribution < -0.4 is 16.0 Å². The summed E-state index contributed by atoms with van der Waals surface area (Å²) in [7, 11) is 0.